The SMILES string of the molecule is COc1nccc(OC2CCN(S(=O)(=O)c3ccc(F)cc3C)CC2)n1. The lowest BCUT2D eigenvalue weighted by Gasteiger charge is -2.31. The van der Waals surface area contributed by atoms with Crippen molar-refractivity contribution in [3.63, 3.8) is 0 Å². The molecule has 0 bridgehead atoms. The van der Waals surface area contributed by atoms with Crippen molar-refractivity contribution < 1.29 is 22.3 Å². The number of benzene rings is 1. The van der Waals surface area contributed by atoms with E-state index in [-0.39, 0.29) is 17.0 Å². The summed E-state index contributed by atoms with van der Waals surface area (Å²) in [6, 6.07) is 5.56. The van der Waals surface area contributed by atoms with E-state index in [0.29, 0.717) is 37.4 Å². The zero-order valence-corrected chi connectivity index (χ0v) is 15.4. The van der Waals surface area contributed by atoms with E-state index in [1.165, 1.54) is 29.7 Å². The van der Waals surface area contributed by atoms with Gasteiger partial charge in [0, 0.05) is 25.4 Å². The largest absolute Gasteiger partial charge is 0.474 e. The Bertz CT molecular complexity index is 883. The number of sulfonamides is 1. The fourth-order valence-electron chi connectivity index (χ4n) is 2.89. The molecule has 2 heterocycles. The summed E-state index contributed by atoms with van der Waals surface area (Å²) in [5, 5.41) is 0. The van der Waals surface area contributed by atoms with Crippen molar-refractivity contribution in [3.05, 3.63) is 41.8 Å². The van der Waals surface area contributed by atoms with E-state index >= 15 is 0 Å². The molecule has 26 heavy (non-hydrogen) atoms. The number of aryl methyl sites for hydroxylation is 1. The van der Waals surface area contributed by atoms with Crippen molar-refractivity contribution >= 4 is 10.0 Å². The molecule has 0 aliphatic carbocycles. The zero-order chi connectivity index (χ0) is 18.7. The summed E-state index contributed by atoms with van der Waals surface area (Å²) in [5.41, 5.74) is 0.399. The number of hydrogen-bond donors (Lipinski definition) is 0. The van der Waals surface area contributed by atoms with Gasteiger partial charge in [0.25, 0.3) is 0 Å². The monoisotopic (exact) mass is 381 g/mol. The van der Waals surface area contributed by atoms with Crippen LogP contribution in [0.25, 0.3) is 0 Å². The lowest BCUT2D eigenvalue weighted by atomic mass is 10.1. The van der Waals surface area contributed by atoms with Gasteiger partial charge in [-0.25, -0.2) is 17.8 Å². The molecule has 1 aliphatic heterocycles. The fourth-order valence-corrected chi connectivity index (χ4v) is 4.57. The molecular weight excluding hydrogens is 361 g/mol. The highest BCUT2D eigenvalue weighted by Crippen LogP contribution is 2.25. The second kappa shape index (κ2) is 7.55. The van der Waals surface area contributed by atoms with E-state index in [1.54, 1.807) is 13.0 Å². The maximum atomic E-state index is 13.2. The number of methoxy groups -OCH3 is 1. The minimum Gasteiger partial charge on any atom is -0.474 e. The summed E-state index contributed by atoms with van der Waals surface area (Å²) in [5.74, 6) is -0.0543. The predicted octanol–water partition coefficient (Wildman–Crippen LogP) is 2.16. The summed E-state index contributed by atoms with van der Waals surface area (Å²) in [7, 11) is -2.18. The van der Waals surface area contributed by atoms with Gasteiger partial charge in [-0.2, -0.15) is 9.29 Å². The lowest BCUT2D eigenvalue weighted by molar-refractivity contribution is 0.128. The van der Waals surface area contributed by atoms with E-state index in [1.807, 2.05) is 0 Å². The lowest BCUT2D eigenvalue weighted by Crippen LogP contribution is -2.42. The maximum Gasteiger partial charge on any atom is 0.319 e. The van der Waals surface area contributed by atoms with Gasteiger partial charge in [0.1, 0.15) is 11.9 Å². The first-order valence-corrected chi connectivity index (χ1v) is 9.64. The van der Waals surface area contributed by atoms with Crippen LogP contribution in [0.2, 0.25) is 0 Å². The van der Waals surface area contributed by atoms with Crippen LogP contribution in [-0.4, -0.2) is 49.0 Å². The Balaban J connectivity index is 1.65. The van der Waals surface area contributed by atoms with Crippen molar-refractivity contribution in [1.29, 1.82) is 0 Å². The molecule has 3 rings (SSSR count). The van der Waals surface area contributed by atoms with Gasteiger partial charge in [-0.15, -0.1) is 0 Å². The molecule has 1 aliphatic rings. The summed E-state index contributed by atoms with van der Waals surface area (Å²) >= 11 is 0. The average Bonchev–Trinajstić information content (AvgIpc) is 2.62. The normalized spacial score (nSPS) is 16.4. The Morgan fingerprint density at radius 1 is 1.23 bits per heavy atom. The molecule has 0 radical (unpaired) electrons. The van der Waals surface area contributed by atoms with Crippen LogP contribution < -0.4 is 9.47 Å². The van der Waals surface area contributed by atoms with E-state index in [0.717, 1.165) is 6.07 Å². The van der Waals surface area contributed by atoms with Gasteiger partial charge in [-0.3, -0.25) is 0 Å². The Kier molecular flexibility index (Phi) is 5.38. The molecule has 1 fully saturated rings. The molecule has 2 aromatic rings. The number of nitrogens with zero attached hydrogens (tertiary/aromatic N) is 3. The quantitative estimate of drug-likeness (QED) is 0.790. The average molecular weight is 381 g/mol. The van der Waals surface area contributed by atoms with Gasteiger partial charge in [0.2, 0.25) is 15.9 Å². The van der Waals surface area contributed by atoms with Crippen molar-refractivity contribution in [1.82, 2.24) is 14.3 Å². The molecule has 1 aromatic carbocycles. The van der Waals surface area contributed by atoms with Gasteiger partial charge >= 0.3 is 6.01 Å². The molecule has 7 nitrogen and oxygen atoms in total. The smallest absolute Gasteiger partial charge is 0.319 e. The summed E-state index contributed by atoms with van der Waals surface area (Å²) in [6.45, 7) is 2.24. The molecular formula is C17H20FN3O4S. The number of rotatable bonds is 5. The molecule has 0 amide bonds. The topological polar surface area (TPSA) is 81.6 Å². The first-order chi connectivity index (χ1) is 12.4. The fraction of sp³-hybridized carbons (Fsp3) is 0.412. The van der Waals surface area contributed by atoms with Crippen molar-refractivity contribution in [3.8, 4) is 11.9 Å². The first kappa shape index (κ1) is 18.5. The Hall–Kier alpha value is -2.26. The third-order valence-electron chi connectivity index (χ3n) is 4.23. The number of hydrogen-bond acceptors (Lipinski definition) is 6. The highest BCUT2D eigenvalue weighted by atomic mass is 32.2. The van der Waals surface area contributed by atoms with Crippen LogP contribution in [0, 0.1) is 12.7 Å². The summed E-state index contributed by atoms with van der Waals surface area (Å²) in [6.07, 6.45) is 2.46. The molecule has 0 spiro atoms. The zero-order valence-electron chi connectivity index (χ0n) is 14.6. The molecule has 0 saturated carbocycles. The molecule has 9 heteroatoms. The van der Waals surface area contributed by atoms with Gasteiger partial charge in [0.15, 0.2) is 0 Å². The van der Waals surface area contributed by atoms with Crippen LogP contribution in [0.5, 0.6) is 11.9 Å². The van der Waals surface area contributed by atoms with Crippen LogP contribution in [0.3, 0.4) is 0 Å². The summed E-state index contributed by atoms with van der Waals surface area (Å²) < 4.78 is 51.0. The Morgan fingerprint density at radius 3 is 2.62 bits per heavy atom. The highest BCUT2D eigenvalue weighted by Gasteiger charge is 2.31. The molecule has 0 N–H and O–H groups in total. The van der Waals surface area contributed by atoms with Crippen molar-refractivity contribution in [2.75, 3.05) is 20.2 Å². The predicted molar refractivity (Wildman–Crippen MR) is 92.1 cm³/mol. The highest BCUT2D eigenvalue weighted by molar-refractivity contribution is 7.89. The van der Waals surface area contributed by atoms with E-state index in [9.17, 15) is 12.8 Å². The first-order valence-electron chi connectivity index (χ1n) is 8.20. The van der Waals surface area contributed by atoms with Gasteiger partial charge in [-0.1, -0.05) is 0 Å². The third-order valence-corrected chi connectivity index (χ3v) is 6.29. The summed E-state index contributed by atoms with van der Waals surface area (Å²) in [4.78, 5) is 8.15. The van der Waals surface area contributed by atoms with Crippen LogP contribution in [0.4, 0.5) is 4.39 Å². The second-order valence-electron chi connectivity index (χ2n) is 6.01. The number of piperidine rings is 1. The Labute approximate surface area is 151 Å². The molecule has 0 atom stereocenters. The Morgan fingerprint density at radius 2 is 1.96 bits per heavy atom. The van der Waals surface area contributed by atoms with Gasteiger partial charge in [0.05, 0.1) is 12.0 Å². The van der Waals surface area contributed by atoms with Crippen LogP contribution in [0.15, 0.2) is 35.4 Å². The molecule has 1 aromatic heterocycles. The minimum atomic E-state index is -3.65. The van der Waals surface area contributed by atoms with Crippen LogP contribution in [-0.2, 0) is 10.0 Å². The van der Waals surface area contributed by atoms with Gasteiger partial charge < -0.3 is 9.47 Å². The van der Waals surface area contributed by atoms with E-state index in [2.05, 4.69) is 9.97 Å². The maximum absolute atomic E-state index is 13.2. The van der Waals surface area contributed by atoms with Crippen LogP contribution in [0.1, 0.15) is 18.4 Å². The third kappa shape index (κ3) is 3.94. The number of aromatic nitrogens is 2. The van der Waals surface area contributed by atoms with E-state index in [4.69, 9.17) is 9.47 Å². The van der Waals surface area contributed by atoms with E-state index < -0.39 is 15.8 Å². The standard InChI is InChI=1S/C17H20FN3O4S/c1-12-11-13(18)3-4-15(12)26(22,23)21-9-6-14(7-10-21)25-16-5-8-19-17(20-16)24-2/h3-5,8,11,14H,6-7,9-10H2,1-2H3. The van der Waals surface area contributed by atoms with Gasteiger partial charge in [-0.05, 0) is 43.5 Å². The minimum absolute atomic E-state index is 0.138. The van der Waals surface area contributed by atoms with Crippen molar-refractivity contribution in [2.24, 2.45) is 0 Å². The molecule has 1 saturated heterocycles. The van der Waals surface area contributed by atoms with Crippen LogP contribution >= 0.6 is 0 Å². The van der Waals surface area contributed by atoms with Crippen molar-refractivity contribution in [2.45, 2.75) is 30.8 Å². The number of ether oxygens (including phenoxy) is 2. The second-order valence-corrected chi connectivity index (χ2v) is 7.92. The number of halogens is 1. The molecule has 140 valence electrons. The molecule has 0 unspecified atom stereocenters.